The van der Waals surface area contributed by atoms with Crippen LogP contribution in [-0.2, 0) is 5.41 Å². The van der Waals surface area contributed by atoms with E-state index in [0.29, 0.717) is 0 Å². The number of hydrogen-bond acceptors (Lipinski definition) is 2. The van der Waals surface area contributed by atoms with Gasteiger partial charge in [0.1, 0.15) is 0 Å². The molecule has 0 amide bonds. The highest BCUT2D eigenvalue weighted by Gasteiger charge is 2.49. The van der Waals surface area contributed by atoms with E-state index in [1.165, 1.54) is 86.9 Å². The fourth-order valence-electron chi connectivity index (χ4n) is 8.60. The Morgan fingerprint density at radius 2 is 1.09 bits per heavy atom. The van der Waals surface area contributed by atoms with Gasteiger partial charge in [-0.15, -0.1) is 11.3 Å². The van der Waals surface area contributed by atoms with Crippen molar-refractivity contribution in [2.75, 3.05) is 5.32 Å². The first-order chi connectivity index (χ1) is 21.8. The zero-order chi connectivity index (χ0) is 31.0. The summed E-state index contributed by atoms with van der Waals surface area (Å²) in [5.74, 6) is 0. The van der Waals surface area contributed by atoms with Gasteiger partial charge in [-0.1, -0.05) is 90.0 Å². The molecule has 0 atom stereocenters. The second kappa shape index (κ2) is 10.2. The van der Waals surface area contributed by atoms with Crippen LogP contribution in [0.2, 0.25) is 0 Å². The molecule has 0 saturated carbocycles. The number of hydrogen-bond donors (Lipinski definition) is 1. The maximum atomic E-state index is 3.91. The lowest BCUT2D eigenvalue weighted by Gasteiger charge is -2.39. The van der Waals surface area contributed by atoms with Crippen molar-refractivity contribution in [1.82, 2.24) is 0 Å². The lowest BCUT2D eigenvalue weighted by Crippen LogP contribution is -2.32. The van der Waals surface area contributed by atoms with Crippen molar-refractivity contribution in [2.45, 2.75) is 47.0 Å². The summed E-state index contributed by atoms with van der Waals surface area (Å²) in [5.41, 5.74) is 17.9. The molecule has 0 radical (unpaired) electrons. The highest BCUT2D eigenvalue weighted by molar-refractivity contribution is 7.25. The normalized spacial score (nSPS) is 13.3. The van der Waals surface area contributed by atoms with E-state index in [1.807, 2.05) is 11.3 Å². The van der Waals surface area contributed by atoms with E-state index in [4.69, 9.17) is 0 Å². The summed E-state index contributed by atoms with van der Waals surface area (Å²) >= 11 is 1.86. The Hall–Kier alpha value is -4.66. The first kappa shape index (κ1) is 27.9. The molecule has 7 aromatic rings. The van der Waals surface area contributed by atoms with E-state index in [-0.39, 0.29) is 0 Å². The number of thiophene rings is 1. The third-order valence-corrected chi connectivity index (χ3v) is 11.0. The molecule has 1 N–H and O–H groups in total. The van der Waals surface area contributed by atoms with Crippen LogP contribution in [0.5, 0.6) is 0 Å². The van der Waals surface area contributed by atoms with Crippen molar-refractivity contribution < 1.29 is 0 Å². The molecule has 8 rings (SSSR count). The van der Waals surface area contributed by atoms with Crippen LogP contribution < -0.4 is 5.32 Å². The highest BCUT2D eigenvalue weighted by Crippen LogP contribution is 2.59. The Kier molecular flexibility index (Phi) is 6.31. The SMILES string of the molecule is Cc1cc(C)c(C2(c3c(C)cc(C)cc3C)c3ccccc3-c3ccc(Nc4cccc5sc6ccccc6c45)cc32)c(C)c1. The van der Waals surface area contributed by atoms with Gasteiger partial charge >= 0.3 is 0 Å². The van der Waals surface area contributed by atoms with Gasteiger partial charge in [-0.2, -0.15) is 0 Å². The Balaban J connectivity index is 1.45. The predicted molar refractivity (Wildman–Crippen MR) is 195 cm³/mol. The summed E-state index contributed by atoms with van der Waals surface area (Å²) in [5, 5.41) is 6.51. The van der Waals surface area contributed by atoms with E-state index >= 15 is 0 Å². The van der Waals surface area contributed by atoms with Gasteiger partial charge in [0.2, 0.25) is 0 Å². The minimum Gasteiger partial charge on any atom is -0.355 e. The lowest BCUT2D eigenvalue weighted by molar-refractivity contribution is 0.739. The molecule has 1 aliphatic carbocycles. The van der Waals surface area contributed by atoms with Crippen molar-refractivity contribution in [1.29, 1.82) is 0 Å². The quantitative estimate of drug-likeness (QED) is 0.212. The van der Waals surface area contributed by atoms with Crippen molar-refractivity contribution in [3.63, 3.8) is 0 Å². The fraction of sp³-hybridized carbons (Fsp3) is 0.163. The van der Waals surface area contributed by atoms with Gasteiger partial charge in [-0.05, 0) is 128 Å². The molecule has 2 heteroatoms. The maximum absolute atomic E-state index is 3.91. The second-order valence-electron chi connectivity index (χ2n) is 13.0. The number of benzene rings is 6. The van der Waals surface area contributed by atoms with Gasteiger partial charge < -0.3 is 5.32 Å². The molecule has 1 nitrogen and oxygen atoms in total. The zero-order valence-electron chi connectivity index (χ0n) is 26.8. The Bertz CT molecular complexity index is 2210. The molecule has 6 aromatic carbocycles. The number of anilines is 2. The van der Waals surface area contributed by atoms with Gasteiger partial charge in [0, 0.05) is 31.5 Å². The third kappa shape index (κ3) is 4.05. The fourth-order valence-corrected chi connectivity index (χ4v) is 9.73. The molecule has 0 aliphatic heterocycles. The Labute approximate surface area is 270 Å². The molecule has 45 heavy (non-hydrogen) atoms. The van der Waals surface area contributed by atoms with Crippen LogP contribution in [-0.4, -0.2) is 0 Å². The molecule has 1 heterocycles. The van der Waals surface area contributed by atoms with E-state index in [2.05, 4.69) is 156 Å². The largest absolute Gasteiger partial charge is 0.355 e. The third-order valence-electron chi connectivity index (χ3n) is 9.83. The monoisotopic (exact) mass is 599 g/mol. The Morgan fingerprint density at radius 3 is 1.78 bits per heavy atom. The van der Waals surface area contributed by atoms with E-state index in [0.717, 1.165) is 11.4 Å². The van der Waals surface area contributed by atoms with Crippen LogP contribution in [0.4, 0.5) is 11.4 Å². The van der Waals surface area contributed by atoms with Crippen LogP contribution in [0.1, 0.15) is 55.6 Å². The lowest BCUT2D eigenvalue weighted by atomic mass is 9.63. The molecule has 220 valence electrons. The molecule has 1 aromatic heterocycles. The van der Waals surface area contributed by atoms with Gasteiger partial charge in [-0.3, -0.25) is 0 Å². The van der Waals surface area contributed by atoms with Gasteiger partial charge in [0.05, 0.1) is 5.41 Å². The maximum Gasteiger partial charge on any atom is 0.0724 e. The molecule has 0 bridgehead atoms. The summed E-state index contributed by atoms with van der Waals surface area (Å²) in [7, 11) is 0. The van der Waals surface area contributed by atoms with Gasteiger partial charge in [0.25, 0.3) is 0 Å². The first-order valence-electron chi connectivity index (χ1n) is 15.9. The summed E-state index contributed by atoms with van der Waals surface area (Å²) < 4.78 is 2.63. The summed E-state index contributed by atoms with van der Waals surface area (Å²) in [6.45, 7) is 13.7. The molecule has 0 fully saturated rings. The molecular formula is C43H37NS. The second-order valence-corrected chi connectivity index (χ2v) is 14.1. The summed E-state index contributed by atoms with van der Waals surface area (Å²) in [6.07, 6.45) is 0. The number of aryl methyl sites for hydroxylation is 6. The first-order valence-corrected chi connectivity index (χ1v) is 16.7. The van der Waals surface area contributed by atoms with Crippen LogP contribution >= 0.6 is 11.3 Å². The van der Waals surface area contributed by atoms with E-state index in [1.54, 1.807) is 0 Å². The van der Waals surface area contributed by atoms with Gasteiger partial charge in [0.15, 0.2) is 0 Å². The van der Waals surface area contributed by atoms with Crippen molar-refractivity contribution in [3.8, 4) is 11.1 Å². The highest BCUT2D eigenvalue weighted by atomic mass is 32.1. The van der Waals surface area contributed by atoms with Crippen LogP contribution in [0.3, 0.4) is 0 Å². The van der Waals surface area contributed by atoms with E-state index in [9.17, 15) is 0 Å². The molecule has 0 saturated heterocycles. The van der Waals surface area contributed by atoms with E-state index < -0.39 is 5.41 Å². The number of fused-ring (bicyclic) bond motifs is 6. The average Bonchev–Trinajstić information content (AvgIpc) is 3.51. The van der Waals surface area contributed by atoms with Crippen LogP contribution in [0.25, 0.3) is 31.3 Å². The van der Waals surface area contributed by atoms with Crippen molar-refractivity contribution in [3.05, 3.63) is 165 Å². The topological polar surface area (TPSA) is 12.0 Å². The Morgan fingerprint density at radius 1 is 0.511 bits per heavy atom. The molecular weight excluding hydrogens is 563 g/mol. The van der Waals surface area contributed by atoms with Crippen LogP contribution in [0, 0.1) is 41.5 Å². The minimum atomic E-state index is -0.450. The summed E-state index contributed by atoms with van der Waals surface area (Å²) in [4.78, 5) is 0. The van der Waals surface area contributed by atoms with Crippen LogP contribution in [0.15, 0.2) is 109 Å². The average molecular weight is 600 g/mol. The molecule has 0 spiro atoms. The number of nitrogens with one attached hydrogen (secondary N) is 1. The van der Waals surface area contributed by atoms with Crippen molar-refractivity contribution >= 4 is 42.9 Å². The minimum absolute atomic E-state index is 0.450. The predicted octanol–water partition coefficient (Wildman–Crippen LogP) is 12.0. The molecule has 1 aliphatic rings. The van der Waals surface area contributed by atoms with Crippen molar-refractivity contribution in [2.24, 2.45) is 0 Å². The zero-order valence-corrected chi connectivity index (χ0v) is 27.6. The smallest absolute Gasteiger partial charge is 0.0724 e. The standard InChI is InChI=1S/C43H37NS/c1-25-20-27(3)41(28(4)21-25)43(42-29(5)22-26(2)23-30(42)6)35-14-9-7-12-32(35)33-19-18-31(24-36(33)43)44-37-15-11-17-39-40(37)34-13-8-10-16-38(34)45-39/h7-24,44H,1-6H3. The summed E-state index contributed by atoms with van der Waals surface area (Å²) in [6, 6.07) is 41.0. The molecule has 0 unspecified atom stereocenters. The number of rotatable bonds is 4. The van der Waals surface area contributed by atoms with Gasteiger partial charge in [-0.25, -0.2) is 0 Å².